The first-order valence-electron chi connectivity index (χ1n) is 5.62. The van der Waals surface area contributed by atoms with Crippen LogP contribution in [-0.2, 0) is 6.18 Å². The molecule has 0 amide bonds. The lowest BCUT2D eigenvalue weighted by molar-refractivity contribution is -0.143. The molecule has 2 heterocycles. The average molecular weight is 297 g/mol. The Hall–Kier alpha value is -2.84. The number of oxazole rings is 1. The molecule has 0 atom stereocenters. The molecule has 0 spiro atoms. The molecule has 21 heavy (non-hydrogen) atoms. The highest BCUT2D eigenvalue weighted by Gasteiger charge is 2.41. The van der Waals surface area contributed by atoms with E-state index in [2.05, 4.69) is 10.1 Å². The highest BCUT2D eigenvalue weighted by atomic mass is 19.4. The molecule has 0 fully saturated rings. The number of benzene rings is 1. The molecule has 3 aromatic rings. The molecule has 108 valence electrons. The van der Waals surface area contributed by atoms with Crippen molar-refractivity contribution in [1.29, 1.82) is 0 Å². The van der Waals surface area contributed by atoms with Gasteiger partial charge in [0.15, 0.2) is 11.3 Å². The highest BCUT2D eigenvalue weighted by molar-refractivity contribution is 5.89. The molecule has 0 bridgehead atoms. The third kappa shape index (κ3) is 2.12. The van der Waals surface area contributed by atoms with Crippen LogP contribution in [0.2, 0.25) is 0 Å². The lowest BCUT2D eigenvalue weighted by Gasteiger charge is -2.08. The van der Waals surface area contributed by atoms with Crippen LogP contribution in [0.1, 0.15) is 16.1 Å². The monoisotopic (exact) mass is 297 g/mol. The summed E-state index contributed by atoms with van der Waals surface area (Å²) in [7, 11) is 0. The van der Waals surface area contributed by atoms with E-state index >= 15 is 0 Å². The second-order valence-corrected chi connectivity index (χ2v) is 4.09. The first-order chi connectivity index (χ1) is 9.88. The van der Waals surface area contributed by atoms with Crippen molar-refractivity contribution in [3.8, 4) is 6.01 Å². The fraction of sp³-hybridized carbons (Fsp3) is 0.0833. The molecule has 3 rings (SSSR count). The molecule has 0 aliphatic rings. The molecule has 1 aromatic carbocycles. The maximum atomic E-state index is 13.1. The Morgan fingerprint density at radius 2 is 2.00 bits per heavy atom. The molecule has 0 aliphatic heterocycles. The van der Waals surface area contributed by atoms with Crippen LogP contribution in [0.15, 0.2) is 34.9 Å². The van der Waals surface area contributed by atoms with Gasteiger partial charge in [0.25, 0.3) is 0 Å². The van der Waals surface area contributed by atoms with Crippen LogP contribution in [-0.4, -0.2) is 25.8 Å². The van der Waals surface area contributed by atoms with Crippen molar-refractivity contribution in [1.82, 2.24) is 14.8 Å². The van der Waals surface area contributed by atoms with Gasteiger partial charge in [0.1, 0.15) is 11.1 Å². The molecule has 0 saturated heterocycles. The minimum Gasteiger partial charge on any atom is -0.478 e. The SMILES string of the molecule is O=C(O)c1cnn(-c2nc3ccccc3o2)c1C(F)(F)F. The number of aromatic carboxylic acids is 1. The molecule has 6 nitrogen and oxygen atoms in total. The highest BCUT2D eigenvalue weighted by Crippen LogP contribution is 2.34. The van der Waals surface area contributed by atoms with E-state index in [0.717, 1.165) is 0 Å². The fourth-order valence-electron chi connectivity index (χ4n) is 1.87. The van der Waals surface area contributed by atoms with E-state index in [1.807, 2.05) is 0 Å². The zero-order valence-corrected chi connectivity index (χ0v) is 10.1. The average Bonchev–Trinajstić information content (AvgIpc) is 3.01. The van der Waals surface area contributed by atoms with Gasteiger partial charge in [0.2, 0.25) is 0 Å². The number of alkyl halides is 3. The summed E-state index contributed by atoms with van der Waals surface area (Å²) in [5.74, 6) is -1.73. The summed E-state index contributed by atoms with van der Waals surface area (Å²) in [5, 5.41) is 12.3. The Morgan fingerprint density at radius 1 is 1.29 bits per heavy atom. The van der Waals surface area contributed by atoms with Gasteiger partial charge in [0.05, 0.1) is 6.20 Å². The number of nitrogens with zero attached hydrogens (tertiary/aromatic N) is 3. The van der Waals surface area contributed by atoms with E-state index in [1.165, 1.54) is 6.07 Å². The lowest BCUT2D eigenvalue weighted by Crippen LogP contribution is -2.17. The van der Waals surface area contributed by atoms with Crippen LogP contribution in [0.25, 0.3) is 17.1 Å². The van der Waals surface area contributed by atoms with Crippen molar-refractivity contribution in [3.05, 3.63) is 41.7 Å². The first-order valence-corrected chi connectivity index (χ1v) is 5.62. The fourth-order valence-corrected chi connectivity index (χ4v) is 1.87. The van der Waals surface area contributed by atoms with E-state index in [-0.39, 0.29) is 5.58 Å². The van der Waals surface area contributed by atoms with Gasteiger partial charge in [-0.3, -0.25) is 0 Å². The van der Waals surface area contributed by atoms with Crippen molar-refractivity contribution in [2.75, 3.05) is 0 Å². The number of carbonyl (C=O) groups is 1. The van der Waals surface area contributed by atoms with E-state index in [1.54, 1.807) is 18.2 Å². The molecular weight excluding hydrogens is 291 g/mol. The quantitative estimate of drug-likeness (QED) is 0.786. The van der Waals surface area contributed by atoms with E-state index in [0.29, 0.717) is 16.4 Å². The number of carboxylic acid groups (broad SMARTS) is 1. The first kappa shape index (κ1) is 13.2. The minimum absolute atomic E-state index is 0.271. The molecule has 2 aromatic heterocycles. The van der Waals surface area contributed by atoms with Crippen LogP contribution < -0.4 is 0 Å². The molecule has 9 heteroatoms. The number of hydrogen-bond acceptors (Lipinski definition) is 4. The van der Waals surface area contributed by atoms with Crippen LogP contribution in [0, 0.1) is 0 Å². The number of halogens is 3. The van der Waals surface area contributed by atoms with Gasteiger partial charge in [-0.25, -0.2) is 4.79 Å². The van der Waals surface area contributed by atoms with E-state index in [9.17, 15) is 18.0 Å². The van der Waals surface area contributed by atoms with Gasteiger partial charge in [-0.15, -0.1) is 0 Å². The molecule has 0 unspecified atom stereocenters. The van der Waals surface area contributed by atoms with Crippen molar-refractivity contribution in [2.45, 2.75) is 6.18 Å². The Labute approximate surface area is 114 Å². The van der Waals surface area contributed by atoms with Gasteiger partial charge in [-0.2, -0.15) is 27.9 Å². The van der Waals surface area contributed by atoms with Crippen LogP contribution in [0.4, 0.5) is 13.2 Å². The van der Waals surface area contributed by atoms with Crippen molar-refractivity contribution in [2.24, 2.45) is 0 Å². The van der Waals surface area contributed by atoms with Gasteiger partial charge in [-0.05, 0) is 12.1 Å². The Bertz CT molecular complexity index is 802. The zero-order valence-electron chi connectivity index (χ0n) is 10.1. The molecule has 0 saturated carbocycles. The smallest absolute Gasteiger partial charge is 0.434 e. The van der Waals surface area contributed by atoms with Gasteiger partial charge < -0.3 is 9.52 Å². The van der Waals surface area contributed by atoms with E-state index in [4.69, 9.17) is 9.52 Å². The van der Waals surface area contributed by atoms with Gasteiger partial charge in [-0.1, -0.05) is 12.1 Å². The standard InChI is InChI=1S/C12H6F3N3O3/c13-12(14,15)9-6(10(19)20)5-16-18(9)11-17-7-3-1-2-4-8(7)21-11/h1-5H,(H,19,20). The molecule has 0 radical (unpaired) electrons. The van der Waals surface area contributed by atoms with E-state index < -0.39 is 29.4 Å². The van der Waals surface area contributed by atoms with Crippen LogP contribution in [0.3, 0.4) is 0 Å². The Morgan fingerprint density at radius 3 is 2.62 bits per heavy atom. The number of hydrogen-bond donors (Lipinski definition) is 1. The number of para-hydroxylation sites is 2. The van der Waals surface area contributed by atoms with Crippen LogP contribution >= 0.6 is 0 Å². The molecule has 1 N–H and O–H groups in total. The summed E-state index contributed by atoms with van der Waals surface area (Å²) in [6.45, 7) is 0. The minimum atomic E-state index is -4.91. The lowest BCUT2D eigenvalue weighted by atomic mass is 10.2. The van der Waals surface area contributed by atoms with Gasteiger partial charge in [0, 0.05) is 0 Å². The second kappa shape index (κ2) is 4.33. The third-order valence-electron chi connectivity index (χ3n) is 2.73. The second-order valence-electron chi connectivity index (χ2n) is 4.09. The van der Waals surface area contributed by atoms with Crippen LogP contribution in [0.5, 0.6) is 0 Å². The third-order valence-corrected chi connectivity index (χ3v) is 2.73. The number of carboxylic acids is 1. The molecular formula is C12H6F3N3O3. The summed E-state index contributed by atoms with van der Waals surface area (Å²) in [6.07, 6.45) is -4.30. The summed E-state index contributed by atoms with van der Waals surface area (Å²) in [4.78, 5) is 14.8. The summed E-state index contributed by atoms with van der Waals surface area (Å²) >= 11 is 0. The topological polar surface area (TPSA) is 81.1 Å². The Balaban J connectivity index is 2.25. The Kier molecular flexibility index (Phi) is 2.71. The van der Waals surface area contributed by atoms with Crippen molar-refractivity contribution < 1.29 is 27.5 Å². The summed E-state index contributed by atoms with van der Waals surface area (Å²) < 4.78 is 44.7. The number of aromatic nitrogens is 3. The maximum Gasteiger partial charge on any atom is 0.434 e. The number of fused-ring (bicyclic) bond motifs is 1. The maximum absolute atomic E-state index is 13.1. The predicted octanol–water partition coefficient (Wildman–Crippen LogP) is 2.73. The van der Waals surface area contributed by atoms with Crippen molar-refractivity contribution in [3.63, 3.8) is 0 Å². The number of rotatable bonds is 2. The van der Waals surface area contributed by atoms with Crippen molar-refractivity contribution >= 4 is 17.1 Å². The normalized spacial score (nSPS) is 12.0. The summed E-state index contributed by atoms with van der Waals surface area (Å²) in [5.41, 5.74) is -1.80. The molecule has 0 aliphatic carbocycles. The summed E-state index contributed by atoms with van der Waals surface area (Å²) in [6, 6.07) is 5.91. The van der Waals surface area contributed by atoms with Gasteiger partial charge >= 0.3 is 18.2 Å². The predicted molar refractivity (Wildman–Crippen MR) is 63.1 cm³/mol. The largest absolute Gasteiger partial charge is 0.478 e. The zero-order chi connectivity index (χ0) is 15.2.